The first-order chi connectivity index (χ1) is 12.7. The molecule has 1 fully saturated rings. The Hall–Kier alpha value is -3.09. The van der Waals surface area contributed by atoms with Gasteiger partial charge in [0.15, 0.2) is 11.2 Å². The number of para-hydroxylation sites is 2. The third-order valence-corrected chi connectivity index (χ3v) is 5.08. The molecule has 4 heterocycles. The van der Waals surface area contributed by atoms with E-state index < -0.39 is 0 Å². The van der Waals surface area contributed by atoms with Crippen molar-refractivity contribution in [1.82, 2.24) is 19.6 Å². The molecule has 0 bridgehead atoms. The van der Waals surface area contributed by atoms with Crippen molar-refractivity contribution in [1.29, 1.82) is 0 Å². The number of aryl methyl sites for hydroxylation is 2. The summed E-state index contributed by atoms with van der Waals surface area (Å²) in [6.07, 6.45) is 0. The molecular formula is C19H20N6O. The van der Waals surface area contributed by atoms with Crippen LogP contribution in [0.3, 0.4) is 0 Å². The summed E-state index contributed by atoms with van der Waals surface area (Å²) in [4.78, 5) is 13.6. The predicted molar refractivity (Wildman–Crippen MR) is 101 cm³/mol. The normalized spacial score (nSPS) is 15.3. The minimum atomic E-state index is 0.704. The molecule has 7 heteroatoms. The quantitative estimate of drug-likeness (QED) is 0.555. The molecule has 132 valence electrons. The Bertz CT molecular complexity index is 1060. The summed E-state index contributed by atoms with van der Waals surface area (Å²) in [5, 5.41) is 4.77. The lowest BCUT2D eigenvalue weighted by atomic mass is 10.3. The lowest BCUT2D eigenvalue weighted by molar-refractivity contribution is 0.539. The number of hydrogen-bond acceptors (Lipinski definition) is 6. The maximum Gasteiger partial charge on any atom is 0.298 e. The van der Waals surface area contributed by atoms with E-state index in [-0.39, 0.29) is 0 Å². The number of fused-ring (bicyclic) bond motifs is 2. The molecule has 26 heavy (non-hydrogen) atoms. The Balaban J connectivity index is 1.36. The van der Waals surface area contributed by atoms with Crippen LogP contribution in [-0.4, -0.2) is 45.8 Å². The van der Waals surface area contributed by atoms with Gasteiger partial charge in [-0.1, -0.05) is 12.1 Å². The lowest BCUT2D eigenvalue weighted by Gasteiger charge is -2.34. The van der Waals surface area contributed by atoms with Gasteiger partial charge in [-0.25, -0.2) is 9.50 Å². The number of anilines is 2. The van der Waals surface area contributed by atoms with Crippen LogP contribution in [0, 0.1) is 13.8 Å². The maximum absolute atomic E-state index is 5.89. The lowest BCUT2D eigenvalue weighted by Crippen LogP contribution is -2.47. The predicted octanol–water partition coefficient (Wildman–Crippen LogP) is 2.81. The molecule has 1 aromatic carbocycles. The molecular weight excluding hydrogens is 328 g/mol. The third-order valence-electron chi connectivity index (χ3n) is 5.08. The van der Waals surface area contributed by atoms with Crippen LogP contribution in [0.25, 0.3) is 16.7 Å². The maximum atomic E-state index is 5.89. The van der Waals surface area contributed by atoms with Crippen LogP contribution in [0.2, 0.25) is 0 Å². The fourth-order valence-corrected chi connectivity index (χ4v) is 3.43. The molecule has 0 saturated carbocycles. The van der Waals surface area contributed by atoms with E-state index in [4.69, 9.17) is 9.52 Å². The molecule has 0 spiro atoms. The number of benzene rings is 1. The summed E-state index contributed by atoms with van der Waals surface area (Å²) >= 11 is 0. The van der Waals surface area contributed by atoms with Crippen molar-refractivity contribution in [3.63, 3.8) is 0 Å². The molecule has 1 aliphatic heterocycles. The summed E-state index contributed by atoms with van der Waals surface area (Å²) in [5.74, 6) is 0.982. The molecule has 1 aliphatic rings. The number of nitrogens with zero attached hydrogens (tertiary/aromatic N) is 6. The molecule has 0 radical (unpaired) electrons. The van der Waals surface area contributed by atoms with E-state index in [2.05, 4.69) is 32.8 Å². The van der Waals surface area contributed by atoms with Crippen molar-refractivity contribution >= 4 is 28.6 Å². The zero-order chi connectivity index (χ0) is 17.7. The monoisotopic (exact) mass is 348 g/mol. The molecule has 5 rings (SSSR count). The standard InChI is InChI=1S/C19H20N6O/c1-13-14(2)25-17(20-13)7-8-18(22-25)23-9-11-24(12-10-23)19-21-15-5-3-4-6-16(15)26-19/h3-8H,9-12H2,1-2H3. The van der Waals surface area contributed by atoms with Gasteiger partial charge in [-0.3, -0.25) is 0 Å². The highest BCUT2D eigenvalue weighted by molar-refractivity contribution is 5.74. The van der Waals surface area contributed by atoms with E-state index in [1.807, 2.05) is 41.8 Å². The van der Waals surface area contributed by atoms with Crippen LogP contribution in [0.1, 0.15) is 11.4 Å². The van der Waals surface area contributed by atoms with Gasteiger partial charge in [-0.2, -0.15) is 4.98 Å². The highest BCUT2D eigenvalue weighted by Crippen LogP contribution is 2.24. The number of rotatable bonds is 2. The third kappa shape index (κ3) is 2.39. The minimum absolute atomic E-state index is 0.704. The van der Waals surface area contributed by atoms with Crippen LogP contribution in [0.15, 0.2) is 40.8 Å². The Morgan fingerprint density at radius 3 is 2.46 bits per heavy atom. The minimum Gasteiger partial charge on any atom is -0.423 e. The average Bonchev–Trinajstić information content (AvgIpc) is 3.23. The Morgan fingerprint density at radius 1 is 0.885 bits per heavy atom. The van der Waals surface area contributed by atoms with Crippen molar-refractivity contribution in [2.75, 3.05) is 36.0 Å². The average molecular weight is 348 g/mol. The largest absolute Gasteiger partial charge is 0.423 e. The van der Waals surface area contributed by atoms with Gasteiger partial charge in [-0.05, 0) is 38.1 Å². The molecule has 0 atom stereocenters. The first-order valence-corrected chi connectivity index (χ1v) is 8.87. The second-order valence-corrected chi connectivity index (χ2v) is 6.68. The smallest absolute Gasteiger partial charge is 0.298 e. The zero-order valence-electron chi connectivity index (χ0n) is 14.9. The molecule has 7 nitrogen and oxygen atoms in total. The summed E-state index contributed by atoms with van der Waals surface area (Å²) in [6.45, 7) is 7.54. The summed E-state index contributed by atoms with van der Waals surface area (Å²) in [6, 6.07) is 12.7. The molecule has 4 aromatic rings. The second-order valence-electron chi connectivity index (χ2n) is 6.68. The van der Waals surface area contributed by atoms with Gasteiger partial charge in [0.2, 0.25) is 0 Å². The summed E-state index contributed by atoms with van der Waals surface area (Å²) in [5.41, 5.74) is 4.75. The van der Waals surface area contributed by atoms with Crippen LogP contribution in [-0.2, 0) is 0 Å². The SMILES string of the molecule is Cc1nc2ccc(N3CCN(c4nc5ccccc5o4)CC3)nn2c1C. The fraction of sp³-hybridized carbons (Fsp3) is 0.316. The zero-order valence-corrected chi connectivity index (χ0v) is 14.9. The van der Waals surface area contributed by atoms with Gasteiger partial charge < -0.3 is 14.2 Å². The van der Waals surface area contributed by atoms with Gasteiger partial charge in [-0.15, -0.1) is 5.10 Å². The van der Waals surface area contributed by atoms with E-state index >= 15 is 0 Å². The first kappa shape index (κ1) is 15.2. The van der Waals surface area contributed by atoms with Gasteiger partial charge in [0.25, 0.3) is 6.01 Å². The Labute approximate surface area is 150 Å². The second kappa shape index (κ2) is 5.72. The van der Waals surface area contributed by atoms with E-state index in [0.29, 0.717) is 6.01 Å². The molecule has 0 aliphatic carbocycles. The van der Waals surface area contributed by atoms with Crippen molar-refractivity contribution in [3.05, 3.63) is 47.8 Å². The number of oxazole rings is 1. The number of imidazole rings is 1. The van der Waals surface area contributed by atoms with Crippen LogP contribution in [0.5, 0.6) is 0 Å². The molecule has 0 amide bonds. The number of aromatic nitrogens is 4. The highest BCUT2D eigenvalue weighted by atomic mass is 16.4. The first-order valence-electron chi connectivity index (χ1n) is 8.87. The Morgan fingerprint density at radius 2 is 1.65 bits per heavy atom. The van der Waals surface area contributed by atoms with Crippen LogP contribution < -0.4 is 9.80 Å². The van der Waals surface area contributed by atoms with E-state index in [9.17, 15) is 0 Å². The van der Waals surface area contributed by atoms with Crippen molar-refractivity contribution in [2.24, 2.45) is 0 Å². The topological polar surface area (TPSA) is 62.7 Å². The number of hydrogen-bond donors (Lipinski definition) is 0. The van der Waals surface area contributed by atoms with Crippen LogP contribution in [0.4, 0.5) is 11.8 Å². The van der Waals surface area contributed by atoms with Crippen molar-refractivity contribution in [3.8, 4) is 0 Å². The van der Waals surface area contributed by atoms with Gasteiger partial charge >= 0.3 is 0 Å². The van der Waals surface area contributed by atoms with Crippen molar-refractivity contribution in [2.45, 2.75) is 13.8 Å². The summed E-state index contributed by atoms with van der Waals surface area (Å²) < 4.78 is 7.82. The van der Waals surface area contributed by atoms with E-state index in [1.165, 1.54) is 0 Å². The van der Waals surface area contributed by atoms with E-state index in [1.54, 1.807) is 0 Å². The molecule has 0 unspecified atom stereocenters. The molecule has 1 saturated heterocycles. The van der Waals surface area contributed by atoms with Gasteiger partial charge in [0.05, 0.1) is 11.4 Å². The fourth-order valence-electron chi connectivity index (χ4n) is 3.43. The van der Waals surface area contributed by atoms with Crippen molar-refractivity contribution < 1.29 is 4.42 Å². The van der Waals surface area contributed by atoms with Crippen LogP contribution >= 0.6 is 0 Å². The van der Waals surface area contributed by atoms with E-state index in [0.717, 1.165) is 60.1 Å². The molecule has 0 N–H and O–H groups in total. The van der Waals surface area contributed by atoms with Gasteiger partial charge in [0.1, 0.15) is 11.3 Å². The highest BCUT2D eigenvalue weighted by Gasteiger charge is 2.22. The Kier molecular flexibility index (Phi) is 3.34. The van der Waals surface area contributed by atoms with Gasteiger partial charge in [0, 0.05) is 26.2 Å². The number of piperazine rings is 1. The molecule has 3 aromatic heterocycles. The summed E-state index contributed by atoms with van der Waals surface area (Å²) in [7, 11) is 0.